The number of nitrogens with one attached hydrogen (secondary N) is 1. The number of thiol groups is 1. The molecule has 0 aliphatic heterocycles. The van der Waals surface area contributed by atoms with Crippen LogP contribution in [0.2, 0.25) is 0 Å². The Bertz CT molecular complexity index is 165. The van der Waals surface area contributed by atoms with E-state index < -0.39 is 24.6 Å². The molecule has 12 heavy (non-hydrogen) atoms. The monoisotopic (exact) mass is 192 g/mol. The molecular formula is C6H12N2O3S. The molecule has 0 spiro atoms. The van der Waals surface area contributed by atoms with E-state index in [1.807, 2.05) is 0 Å². The molecule has 0 aliphatic rings. The summed E-state index contributed by atoms with van der Waals surface area (Å²) in [5.74, 6) is -0.292. The molecule has 0 aromatic rings. The lowest BCUT2D eigenvalue weighted by Gasteiger charge is -2.12. The minimum Gasteiger partial charge on any atom is -0.394 e. The summed E-state index contributed by atoms with van der Waals surface area (Å²) in [5, 5.41) is 10.8. The number of aliphatic hydroxyl groups is 1. The highest BCUT2D eigenvalue weighted by molar-refractivity contribution is 7.80. The standard InChI is InChI=1S/C6H12N2O3S/c7-5(3-12)6(11)8-4(1-9)2-10/h1,4-5,10,12H,2-3,7H2,(H,8,11)/t4-,5+/m1/s1. The van der Waals surface area contributed by atoms with Crippen LogP contribution in [0, 0.1) is 0 Å². The number of hydrogen-bond acceptors (Lipinski definition) is 5. The van der Waals surface area contributed by atoms with E-state index in [0.29, 0.717) is 6.29 Å². The van der Waals surface area contributed by atoms with Gasteiger partial charge in [-0.3, -0.25) is 4.79 Å². The van der Waals surface area contributed by atoms with Gasteiger partial charge in [0, 0.05) is 5.75 Å². The molecule has 4 N–H and O–H groups in total. The highest BCUT2D eigenvalue weighted by atomic mass is 32.1. The quantitative estimate of drug-likeness (QED) is 0.297. The third kappa shape index (κ3) is 3.70. The van der Waals surface area contributed by atoms with Crippen LogP contribution in [0.3, 0.4) is 0 Å². The number of amides is 1. The lowest BCUT2D eigenvalue weighted by Crippen LogP contribution is -2.48. The van der Waals surface area contributed by atoms with Gasteiger partial charge in [0.05, 0.1) is 12.6 Å². The summed E-state index contributed by atoms with van der Waals surface area (Å²) < 4.78 is 0. The highest BCUT2D eigenvalue weighted by Gasteiger charge is 2.15. The van der Waals surface area contributed by atoms with Gasteiger partial charge in [-0.15, -0.1) is 0 Å². The summed E-state index contributed by atoms with van der Waals surface area (Å²) in [6, 6.07) is -1.62. The van der Waals surface area contributed by atoms with Crippen molar-refractivity contribution in [1.29, 1.82) is 0 Å². The van der Waals surface area contributed by atoms with Crippen LogP contribution in [0.1, 0.15) is 0 Å². The second kappa shape index (κ2) is 5.99. The van der Waals surface area contributed by atoms with Crippen LogP contribution in [0.4, 0.5) is 0 Å². The second-order valence-corrected chi connectivity index (χ2v) is 2.59. The minimum atomic E-state index is -0.872. The maximum absolute atomic E-state index is 10.9. The summed E-state index contributed by atoms with van der Waals surface area (Å²) >= 11 is 3.80. The van der Waals surface area contributed by atoms with Crippen LogP contribution in [0.5, 0.6) is 0 Å². The zero-order chi connectivity index (χ0) is 9.56. The molecule has 0 aliphatic carbocycles. The van der Waals surface area contributed by atoms with Crippen molar-refractivity contribution in [3.05, 3.63) is 0 Å². The molecule has 5 nitrogen and oxygen atoms in total. The molecule has 0 fully saturated rings. The maximum atomic E-state index is 10.9. The second-order valence-electron chi connectivity index (χ2n) is 2.22. The lowest BCUT2D eigenvalue weighted by atomic mass is 10.3. The van der Waals surface area contributed by atoms with Gasteiger partial charge >= 0.3 is 0 Å². The smallest absolute Gasteiger partial charge is 0.238 e. The van der Waals surface area contributed by atoms with Crippen molar-refractivity contribution in [2.24, 2.45) is 5.73 Å². The summed E-state index contributed by atoms with van der Waals surface area (Å²) in [6.07, 6.45) is 0.448. The van der Waals surface area contributed by atoms with Crippen molar-refractivity contribution >= 4 is 24.8 Å². The molecule has 70 valence electrons. The Morgan fingerprint density at radius 3 is 2.67 bits per heavy atom. The van der Waals surface area contributed by atoms with Crippen LogP contribution in [-0.2, 0) is 9.59 Å². The fourth-order valence-corrected chi connectivity index (χ4v) is 0.661. The number of hydrogen-bond donors (Lipinski definition) is 4. The molecule has 0 rings (SSSR count). The zero-order valence-electron chi connectivity index (χ0n) is 6.43. The molecule has 0 saturated heterocycles. The zero-order valence-corrected chi connectivity index (χ0v) is 7.33. The summed E-state index contributed by atoms with van der Waals surface area (Å²) in [6.45, 7) is -0.422. The number of carbonyl (C=O) groups excluding carboxylic acids is 2. The first-order chi connectivity index (χ1) is 5.65. The van der Waals surface area contributed by atoms with Crippen LogP contribution in [0.15, 0.2) is 0 Å². The first kappa shape index (κ1) is 11.4. The number of aliphatic hydroxyl groups excluding tert-OH is 1. The largest absolute Gasteiger partial charge is 0.394 e. The number of rotatable bonds is 5. The van der Waals surface area contributed by atoms with E-state index in [-0.39, 0.29) is 5.75 Å². The molecule has 0 bridgehead atoms. The minimum absolute atomic E-state index is 0.197. The third-order valence-corrected chi connectivity index (χ3v) is 1.62. The van der Waals surface area contributed by atoms with Crippen LogP contribution < -0.4 is 11.1 Å². The Hall–Kier alpha value is -0.590. The Morgan fingerprint density at radius 1 is 1.75 bits per heavy atom. The Labute approximate surface area is 75.7 Å². The van der Waals surface area contributed by atoms with Gasteiger partial charge in [0.25, 0.3) is 0 Å². The van der Waals surface area contributed by atoms with Gasteiger partial charge in [0.2, 0.25) is 5.91 Å². The average molecular weight is 192 g/mol. The van der Waals surface area contributed by atoms with Crippen molar-refractivity contribution in [2.75, 3.05) is 12.4 Å². The van der Waals surface area contributed by atoms with E-state index >= 15 is 0 Å². The summed E-state index contributed by atoms with van der Waals surface area (Å²) in [4.78, 5) is 21.1. The van der Waals surface area contributed by atoms with Gasteiger partial charge in [-0.2, -0.15) is 12.6 Å². The van der Waals surface area contributed by atoms with Gasteiger partial charge in [0.1, 0.15) is 12.3 Å². The highest BCUT2D eigenvalue weighted by Crippen LogP contribution is 1.85. The third-order valence-electron chi connectivity index (χ3n) is 1.22. The number of nitrogens with two attached hydrogens (primary N) is 1. The van der Waals surface area contributed by atoms with E-state index in [1.54, 1.807) is 0 Å². The average Bonchev–Trinajstić information content (AvgIpc) is 2.12. The fourth-order valence-electron chi connectivity index (χ4n) is 0.495. The Kier molecular flexibility index (Phi) is 5.69. The Morgan fingerprint density at radius 2 is 2.33 bits per heavy atom. The van der Waals surface area contributed by atoms with Crippen molar-refractivity contribution in [1.82, 2.24) is 5.32 Å². The van der Waals surface area contributed by atoms with Gasteiger partial charge in [-0.1, -0.05) is 0 Å². The van der Waals surface area contributed by atoms with Crippen molar-refractivity contribution in [2.45, 2.75) is 12.1 Å². The SMILES string of the molecule is N[C@@H](CS)C(=O)N[C@H](C=O)CO. The number of aldehydes is 1. The van der Waals surface area contributed by atoms with Gasteiger partial charge in [0.15, 0.2) is 0 Å². The van der Waals surface area contributed by atoms with Crippen molar-refractivity contribution < 1.29 is 14.7 Å². The van der Waals surface area contributed by atoms with Crippen LogP contribution in [-0.4, -0.2) is 41.7 Å². The van der Waals surface area contributed by atoms with E-state index in [1.165, 1.54) is 0 Å². The molecule has 0 aromatic carbocycles. The fraction of sp³-hybridized carbons (Fsp3) is 0.667. The molecule has 0 saturated carbocycles. The van der Waals surface area contributed by atoms with Crippen LogP contribution in [0.25, 0.3) is 0 Å². The topological polar surface area (TPSA) is 92.4 Å². The van der Waals surface area contributed by atoms with Crippen molar-refractivity contribution in [3.8, 4) is 0 Å². The van der Waals surface area contributed by atoms with Crippen LogP contribution >= 0.6 is 12.6 Å². The molecule has 0 aromatic heterocycles. The molecule has 0 radical (unpaired) electrons. The van der Waals surface area contributed by atoms with Gasteiger partial charge in [-0.05, 0) is 0 Å². The Balaban J connectivity index is 3.89. The predicted molar refractivity (Wildman–Crippen MR) is 46.9 cm³/mol. The van der Waals surface area contributed by atoms with E-state index in [0.717, 1.165) is 0 Å². The van der Waals surface area contributed by atoms with E-state index in [9.17, 15) is 9.59 Å². The molecule has 0 heterocycles. The first-order valence-electron chi connectivity index (χ1n) is 3.38. The molecule has 2 atom stereocenters. The molecule has 6 heteroatoms. The maximum Gasteiger partial charge on any atom is 0.238 e. The first-order valence-corrected chi connectivity index (χ1v) is 4.02. The number of carbonyl (C=O) groups is 2. The predicted octanol–water partition coefficient (Wildman–Crippen LogP) is -2.08. The summed E-state index contributed by atoms with van der Waals surface area (Å²) in [5.41, 5.74) is 5.29. The van der Waals surface area contributed by atoms with Gasteiger partial charge in [-0.25, -0.2) is 0 Å². The molecular weight excluding hydrogens is 180 g/mol. The normalized spacial score (nSPS) is 14.9. The lowest BCUT2D eigenvalue weighted by molar-refractivity contribution is -0.125. The summed E-state index contributed by atoms with van der Waals surface area (Å²) in [7, 11) is 0. The van der Waals surface area contributed by atoms with Gasteiger partial charge < -0.3 is 21.0 Å². The molecule has 1 amide bonds. The van der Waals surface area contributed by atoms with E-state index in [4.69, 9.17) is 10.8 Å². The van der Waals surface area contributed by atoms with Crippen molar-refractivity contribution in [3.63, 3.8) is 0 Å². The van der Waals surface area contributed by atoms with E-state index in [2.05, 4.69) is 17.9 Å². The molecule has 0 unspecified atom stereocenters.